The average Bonchev–Trinajstić information content (AvgIpc) is 2.18. The quantitative estimate of drug-likeness (QED) is 0.825. The van der Waals surface area contributed by atoms with Gasteiger partial charge in [-0.3, -0.25) is 0 Å². The average molecular weight is 347 g/mol. The molecule has 0 aromatic heterocycles. The van der Waals surface area contributed by atoms with Crippen molar-refractivity contribution < 1.29 is 23.0 Å². The maximum absolute atomic E-state index is 12.0. The number of aliphatic hydroxyl groups is 1. The van der Waals surface area contributed by atoms with Crippen LogP contribution < -0.4 is 10.5 Å². The zero-order chi connectivity index (χ0) is 12.3. The molecular weight excluding hydrogens is 338 g/mol. The van der Waals surface area contributed by atoms with Crippen molar-refractivity contribution in [2.45, 2.75) is 12.4 Å². The lowest BCUT2D eigenvalue weighted by Gasteiger charge is -2.14. The standard InChI is InChI=1S/C9H9F3INO2/c10-9(11,12)16-5-1-2-7(13)6(3-5)8(14)4-15/h1-3,8,15H,4,14H2/t8-/m1/s1. The smallest absolute Gasteiger partial charge is 0.406 e. The second-order valence-electron chi connectivity index (χ2n) is 3.02. The molecule has 7 heteroatoms. The van der Waals surface area contributed by atoms with E-state index in [2.05, 4.69) is 4.74 Å². The molecule has 1 aromatic rings. The van der Waals surface area contributed by atoms with E-state index in [1.807, 2.05) is 22.6 Å². The second-order valence-corrected chi connectivity index (χ2v) is 4.18. The summed E-state index contributed by atoms with van der Waals surface area (Å²) in [5.41, 5.74) is 5.96. The van der Waals surface area contributed by atoms with Gasteiger partial charge in [0.25, 0.3) is 0 Å². The van der Waals surface area contributed by atoms with Gasteiger partial charge in [0.1, 0.15) is 5.75 Å². The summed E-state index contributed by atoms with van der Waals surface area (Å²) < 4.78 is 40.3. The summed E-state index contributed by atoms with van der Waals surface area (Å²) in [5, 5.41) is 8.84. The van der Waals surface area contributed by atoms with E-state index in [-0.39, 0.29) is 12.4 Å². The molecule has 0 heterocycles. The Morgan fingerprint density at radius 2 is 2.06 bits per heavy atom. The Morgan fingerprint density at radius 1 is 1.44 bits per heavy atom. The largest absolute Gasteiger partial charge is 0.573 e. The Balaban J connectivity index is 2.98. The second kappa shape index (κ2) is 5.19. The first-order valence-corrected chi connectivity index (χ1v) is 5.33. The number of hydrogen-bond acceptors (Lipinski definition) is 3. The Labute approximate surface area is 104 Å². The maximum atomic E-state index is 12.0. The third kappa shape index (κ3) is 3.80. The van der Waals surface area contributed by atoms with Gasteiger partial charge in [-0.1, -0.05) is 0 Å². The first-order valence-electron chi connectivity index (χ1n) is 4.25. The molecule has 3 N–H and O–H groups in total. The van der Waals surface area contributed by atoms with E-state index in [0.717, 1.165) is 0 Å². The molecule has 0 aliphatic carbocycles. The van der Waals surface area contributed by atoms with Crippen molar-refractivity contribution in [3.05, 3.63) is 27.3 Å². The zero-order valence-electron chi connectivity index (χ0n) is 7.96. The Morgan fingerprint density at radius 3 is 2.56 bits per heavy atom. The Hall–Kier alpha value is -0.540. The molecule has 0 aliphatic heterocycles. The highest BCUT2D eigenvalue weighted by Crippen LogP contribution is 2.27. The number of aliphatic hydroxyl groups excluding tert-OH is 1. The highest BCUT2D eigenvalue weighted by Gasteiger charge is 2.31. The van der Waals surface area contributed by atoms with E-state index in [1.54, 1.807) is 0 Å². The number of benzene rings is 1. The van der Waals surface area contributed by atoms with Crippen LogP contribution in [0.5, 0.6) is 5.75 Å². The monoisotopic (exact) mass is 347 g/mol. The molecule has 0 radical (unpaired) electrons. The molecule has 1 rings (SSSR count). The van der Waals surface area contributed by atoms with Gasteiger partial charge in [0.2, 0.25) is 0 Å². The highest BCUT2D eigenvalue weighted by atomic mass is 127. The van der Waals surface area contributed by atoms with E-state index >= 15 is 0 Å². The minimum atomic E-state index is -4.73. The van der Waals surface area contributed by atoms with E-state index in [9.17, 15) is 13.2 Å². The number of ether oxygens (including phenoxy) is 1. The predicted molar refractivity (Wildman–Crippen MR) is 59.9 cm³/mol. The number of halogens is 4. The van der Waals surface area contributed by atoms with Crippen LogP contribution in [0.4, 0.5) is 13.2 Å². The molecule has 0 aliphatic rings. The number of hydrogen-bond donors (Lipinski definition) is 2. The normalized spacial score (nSPS) is 13.6. The summed E-state index contributed by atoms with van der Waals surface area (Å²) in [6.45, 7) is -0.342. The molecule has 16 heavy (non-hydrogen) atoms. The summed E-state index contributed by atoms with van der Waals surface area (Å²) in [6, 6.07) is 3.11. The molecule has 0 spiro atoms. The van der Waals surface area contributed by atoms with Gasteiger partial charge in [0.05, 0.1) is 12.6 Å². The van der Waals surface area contributed by atoms with Crippen molar-refractivity contribution in [1.29, 1.82) is 0 Å². The van der Waals surface area contributed by atoms with Gasteiger partial charge in [-0.25, -0.2) is 0 Å². The van der Waals surface area contributed by atoms with Crippen LogP contribution in [-0.4, -0.2) is 18.1 Å². The van der Waals surface area contributed by atoms with Crippen molar-refractivity contribution in [3.8, 4) is 5.75 Å². The SMILES string of the molecule is N[C@H](CO)c1cc(OC(F)(F)F)ccc1I. The first kappa shape index (κ1) is 13.5. The fourth-order valence-electron chi connectivity index (χ4n) is 1.10. The van der Waals surface area contributed by atoms with Gasteiger partial charge in [-0.05, 0) is 46.4 Å². The van der Waals surface area contributed by atoms with E-state index in [0.29, 0.717) is 9.13 Å². The van der Waals surface area contributed by atoms with Gasteiger partial charge in [-0.2, -0.15) is 0 Å². The minimum absolute atomic E-state index is 0.341. The van der Waals surface area contributed by atoms with E-state index in [1.165, 1.54) is 18.2 Å². The Bertz CT molecular complexity index is 370. The van der Waals surface area contributed by atoms with Crippen LogP contribution >= 0.6 is 22.6 Å². The molecular formula is C9H9F3INO2. The molecule has 0 bridgehead atoms. The van der Waals surface area contributed by atoms with Gasteiger partial charge < -0.3 is 15.6 Å². The van der Waals surface area contributed by atoms with Crippen molar-refractivity contribution in [2.24, 2.45) is 5.73 Å². The van der Waals surface area contributed by atoms with Crippen molar-refractivity contribution in [1.82, 2.24) is 0 Å². The summed E-state index contributed by atoms with van der Waals surface area (Å²) in [6.07, 6.45) is -4.73. The fraction of sp³-hybridized carbons (Fsp3) is 0.333. The third-order valence-corrected chi connectivity index (χ3v) is 2.78. The van der Waals surface area contributed by atoms with Crippen molar-refractivity contribution in [2.75, 3.05) is 6.61 Å². The molecule has 1 aromatic carbocycles. The first-order chi connectivity index (χ1) is 7.33. The van der Waals surface area contributed by atoms with Crippen LogP contribution in [0.2, 0.25) is 0 Å². The van der Waals surface area contributed by atoms with Crippen LogP contribution in [0.25, 0.3) is 0 Å². The topological polar surface area (TPSA) is 55.5 Å². The lowest BCUT2D eigenvalue weighted by atomic mass is 10.1. The maximum Gasteiger partial charge on any atom is 0.573 e. The van der Waals surface area contributed by atoms with E-state index < -0.39 is 12.4 Å². The van der Waals surface area contributed by atoms with Gasteiger partial charge in [0, 0.05) is 3.57 Å². The molecule has 0 amide bonds. The minimum Gasteiger partial charge on any atom is -0.406 e. The summed E-state index contributed by atoms with van der Waals surface area (Å²) in [5.74, 6) is -0.341. The van der Waals surface area contributed by atoms with Crippen LogP contribution in [0.15, 0.2) is 18.2 Å². The van der Waals surface area contributed by atoms with Gasteiger partial charge >= 0.3 is 6.36 Å². The number of alkyl halides is 3. The van der Waals surface area contributed by atoms with Crippen molar-refractivity contribution >= 4 is 22.6 Å². The summed E-state index contributed by atoms with van der Waals surface area (Å²) in [4.78, 5) is 0. The molecule has 3 nitrogen and oxygen atoms in total. The van der Waals surface area contributed by atoms with Gasteiger partial charge in [0.15, 0.2) is 0 Å². The predicted octanol–water partition coefficient (Wildman–Crippen LogP) is 2.18. The summed E-state index contributed by atoms with van der Waals surface area (Å²) >= 11 is 1.92. The lowest BCUT2D eigenvalue weighted by Crippen LogP contribution is -2.19. The van der Waals surface area contributed by atoms with Gasteiger partial charge in [-0.15, -0.1) is 13.2 Å². The highest BCUT2D eigenvalue weighted by molar-refractivity contribution is 14.1. The van der Waals surface area contributed by atoms with Crippen molar-refractivity contribution in [3.63, 3.8) is 0 Å². The van der Waals surface area contributed by atoms with Crippen LogP contribution in [0.3, 0.4) is 0 Å². The molecule has 0 unspecified atom stereocenters. The van der Waals surface area contributed by atoms with Crippen LogP contribution in [0.1, 0.15) is 11.6 Å². The molecule has 0 saturated carbocycles. The zero-order valence-corrected chi connectivity index (χ0v) is 10.1. The number of nitrogens with two attached hydrogens (primary N) is 1. The molecule has 0 saturated heterocycles. The fourth-order valence-corrected chi connectivity index (χ4v) is 1.84. The summed E-state index contributed by atoms with van der Waals surface area (Å²) in [7, 11) is 0. The molecule has 0 fully saturated rings. The molecule has 90 valence electrons. The van der Waals surface area contributed by atoms with Crippen LogP contribution in [-0.2, 0) is 0 Å². The van der Waals surface area contributed by atoms with E-state index in [4.69, 9.17) is 10.8 Å². The lowest BCUT2D eigenvalue weighted by molar-refractivity contribution is -0.274. The molecule has 1 atom stereocenters. The van der Waals surface area contributed by atoms with Crippen LogP contribution in [0, 0.1) is 3.57 Å². The third-order valence-electron chi connectivity index (χ3n) is 1.80. The Kier molecular flexibility index (Phi) is 4.39. The number of rotatable bonds is 3.